The molecule has 0 radical (unpaired) electrons. The van der Waals surface area contributed by atoms with Crippen LogP contribution in [0.25, 0.3) is 11.1 Å². The van der Waals surface area contributed by atoms with E-state index < -0.39 is 42.7 Å². The van der Waals surface area contributed by atoms with Gasteiger partial charge in [-0.1, -0.05) is 72.8 Å². The van der Waals surface area contributed by atoms with Crippen molar-refractivity contribution in [2.75, 3.05) is 33.0 Å². The second-order valence-corrected chi connectivity index (χ2v) is 11.8. The summed E-state index contributed by atoms with van der Waals surface area (Å²) in [5.74, 6) is 1.40. The zero-order valence-electron chi connectivity index (χ0n) is 25.9. The standard InChI is InChI=1S/C37H40O9/c1-22-19-24(11-13-30(22)43-16-15-38)37(28-9-5-3-7-26(28)27-8-4-6-10-29(27)37)25-12-14-31(23(2)20-25)44-17-18-45-36-35(42)34(41)33(40)32(21-39)46-36/h3-14,19-20,32-36,38-42H,15-18,21H2,1-2H3/t32-,33-,34+,35-,36?/m1/s1. The molecule has 46 heavy (non-hydrogen) atoms. The topological polar surface area (TPSA) is 138 Å². The Morgan fingerprint density at radius 3 is 1.72 bits per heavy atom. The van der Waals surface area contributed by atoms with Crippen molar-refractivity contribution in [2.45, 2.75) is 50.0 Å². The summed E-state index contributed by atoms with van der Waals surface area (Å²) in [4.78, 5) is 0. The minimum Gasteiger partial charge on any atom is -0.491 e. The Hall–Kier alpha value is -3.80. The van der Waals surface area contributed by atoms with Gasteiger partial charge < -0.3 is 44.5 Å². The minimum absolute atomic E-state index is 0.0402. The summed E-state index contributed by atoms with van der Waals surface area (Å²) in [6.07, 6.45) is -6.66. The third-order valence-corrected chi connectivity index (χ3v) is 8.99. The summed E-state index contributed by atoms with van der Waals surface area (Å²) < 4.78 is 22.9. The summed E-state index contributed by atoms with van der Waals surface area (Å²) in [5, 5.41) is 49.0. The number of fused-ring (bicyclic) bond motifs is 3. The van der Waals surface area contributed by atoms with Gasteiger partial charge in [-0.05, 0) is 70.5 Å². The van der Waals surface area contributed by atoms with E-state index in [2.05, 4.69) is 72.8 Å². The van der Waals surface area contributed by atoms with Crippen LogP contribution in [0.15, 0.2) is 84.9 Å². The number of aliphatic hydroxyl groups excluding tert-OH is 5. The van der Waals surface area contributed by atoms with E-state index in [9.17, 15) is 25.5 Å². The van der Waals surface area contributed by atoms with Gasteiger partial charge in [0, 0.05) is 0 Å². The van der Waals surface area contributed by atoms with Gasteiger partial charge in [-0.25, -0.2) is 0 Å². The first-order valence-electron chi connectivity index (χ1n) is 15.5. The molecule has 4 aromatic carbocycles. The van der Waals surface area contributed by atoms with Crippen LogP contribution in [0.2, 0.25) is 0 Å². The zero-order valence-corrected chi connectivity index (χ0v) is 25.9. The number of aliphatic hydroxyl groups is 5. The van der Waals surface area contributed by atoms with Gasteiger partial charge in [0.1, 0.15) is 49.1 Å². The van der Waals surface area contributed by atoms with Crippen LogP contribution in [0.1, 0.15) is 33.4 Å². The molecule has 0 bridgehead atoms. The fourth-order valence-electron chi connectivity index (χ4n) is 6.79. The second kappa shape index (κ2) is 13.5. The average Bonchev–Trinajstić information content (AvgIpc) is 3.37. The molecule has 242 valence electrons. The van der Waals surface area contributed by atoms with Crippen LogP contribution in [0.4, 0.5) is 0 Å². The first-order chi connectivity index (χ1) is 22.3. The lowest BCUT2D eigenvalue weighted by molar-refractivity contribution is -0.301. The number of benzene rings is 4. The molecule has 0 aromatic heterocycles. The monoisotopic (exact) mass is 628 g/mol. The Balaban J connectivity index is 1.30. The molecule has 5 N–H and O–H groups in total. The molecule has 1 heterocycles. The van der Waals surface area contributed by atoms with E-state index in [1.54, 1.807) is 0 Å². The summed E-state index contributed by atoms with van der Waals surface area (Å²) in [6.45, 7) is 3.84. The highest BCUT2D eigenvalue weighted by Crippen LogP contribution is 2.56. The molecule has 1 aliphatic carbocycles. The first-order valence-corrected chi connectivity index (χ1v) is 15.5. The van der Waals surface area contributed by atoms with Gasteiger partial charge in [0.25, 0.3) is 0 Å². The lowest BCUT2D eigenvalue weighted by atomic mass is 9.67. The number of hydrogen-bond donors (Lipinski definition) is 5. The normalized spacial score (nSPS) is 23.1. The van der Waals surface area contributed by atoms with Gasteiger partial charge in [0.05, 0.1) is 25.2 Å². The Kier molecular flexibility index (Phi) is 9.44. The molecular weight excluding hydrogens is 588 g/mol. The van der Waals surface area contributed by atoms with Crippen molar-refractivity contribution >= 4 is 0 Å². The Morgan fingerprint density at radius 1 is 0.652 bits per heavy atom. The van der Waals surface area contributed by atoms with Crippen LogP contribution in [0, 0.1) is 13.8 Å². The maximum absolute atomic E-state index is 10.2. The van der Waals surface area contributed by atoms with Crippen molar-refractivity contribution in [2.24, 2.45) is 0 Å². The summed E-state index contributed by atoms with van der Waals surface area (Å²) in [5.41, 5.74) is 8.19. The van der Waals surface area contributed by atoms with E-state index in [0.717, 1.165) is 28.0 Å². The predicted molar refractivity (Wildman–Crippen MR) is 171 cm³/mol. The molecule has 0 saturated carbocycles. The quantitative estimate of drug-likeness (QED) is 0.140. The van der Waals surface area contributed by atoms with E-state index in [0.29, 0.717) is 5.75 Å². The van der Waals surface area contributed by atoms with Gasteiger partial charge in [0.2, 0.25) is 0 Å². The molecule has 6 rings (SSSR count). The highest BCUT2D eigenvalue weighted by molar-refractivity contribution is 5.86. The lowest BCUT2D eigenvalue weighted by Gasteiger charge is -2.39. The summed E-state index contributed by atoms with van der Waals surface area (Å²) >= 11 is 0. The SMILES string of the molecule is Cc1cc(C2(c3ccc(OCCOC4O[C@H](CO)[C@@H](O)[C@H](O)[C@H]4O)c(C)c3)c3ccccc3-c3ccccc32)ccc1OCCO. The summed E-state index contributed by atoms with van der Waals surface area (Å²) in [7, 11) is 0. The van der Waals surface area contributed by atoms with Crippen molar-refractivity contribution in [3.05, 3.63) is 118 Å². The minimum atomic E-state index is -1.50. The zero-order chi connectivity index (χ0) is 32.4. The van der Waals surface area contributed by atoms with E-state index in [4.69, 9.17) is 18.9 Å². The van der Waals surface area contributed by atoms with Crippen LogP contribution < -0.4 is 9.47 Å². The largest absolute Gasteiger partial charge is 0.491 e. The first kappa shape index (κ1) is 32.2. The molecule has 0 spiro atoms. The average molecular weight is 629 g/mol. The molecule has 2 aliphatic rings. The predicted octanol–water partition coefficient (Wildman–Crippen LogP) is 3.23. The van der Waals surface area contributed by atoms with Crippen LogP contribution in [-0.2, 0) is 14.9 Å². The fourth-order valence-corrected chi connectivity index (χ4v) is 6.79. The highest BCUT2D eigenvalue weighted by Gasteiger charge is 2.46. The van der Waals surface area contributed by atoms with Crippen molar-refractivity contribution in [3.63, 3.8) is 0 Å². The molecule has 9 nitrogen and oxygen atoms in total. The number of ether oxygens (including phenoxy) is 4. The Labute approximate surface area is 268 Å². The van der Waals surface area contributed by atoms with Gasteiger partial charge in [-0.15, -0.1) is 0 Å². The Morgan fingerprint density at radius 2 is 1.20 bits per heavy atom. The van der Waals surface area contributed by atoms with Gasteiger partial charge >= 0.3 is 0 Å². The number of aryl methyl sites for hydroxylation is 2. The maximum Gasteiger partial charge on any atom is 0.186 e. The maximum atomic E-state index is 10.2. The molecule has 1 unspecified atom stereocenters. The molecule has 0 amide bonds. The van der Waals surface area contributed by atoms with Crippen LogP contribution in [-0.4, -0.2) is 89.3 Å². The van der Waals surface area contributed by atoms with Crippen LogP contribution in [0.3, 0.4) is 0 Å². The molecule has 1 fully saturated rings. The molecule has 4 aromatic rings. The summed E-state index contributed by atoms with van der Waals surface area (Å²) in [6, 6.07) is 29.4. The van der Waals surface area contributed by atoms with Crippen LogP contribution in [0.5, 0.6) is 11.5 Å². The molecule has 1 saturated heterocycles. The van der Waals surface area contributed by atoms with Crippen LogP contribution >= 0.6 is 0 Å². The number of hydrogen-bond acceptors (Lipinski definition) is 9. The molecule has 9 heteroatoms. The third-order valence-electron chi connectivity index (χ3n) is 8.99. The van der Waals surface area contributed by atoms with Gasteiger partial charge in [-0.2, -0.15) is 0 Å². The number of rotatable bonds is 11. The van der Waals surface area contributed by atoms with E-state index in [1.165, 1.54) is 22.3 Å². The van der Waals surface area contributed by atoms with Gasteiger partial charge in [-0.3, -0.25) is 0 Å². The lowest BCUT2D eigenvalue weighted by Crippen LogP contribution is -2.59. The Bertz CT molecular complexity index is 1620. The van der Waals surface area contributed by atoms with Crippen molar-refractivity contribution in [1.82, 2.24) is 0 Å². The van der Waals surface area contributed by atoms with E-state index >= 15 is 0 Å². The van der Waals surface area contributed by atoms with Crippen molar-refractivity contribution in [3.8, 4) is 22.6 Å². The van der Waals surface area contributed by atoms with Crippen molar-refractivity contribution in [1.29, 1.82) is 0 Å². The second-order valence-electron chi connectivity index (χ2n) is 11.8. The smallest absolute Gasteiger partial charge is 0.186 e. The van der Waals surface area contributed by atoms with Gasteiger partial charge in [0.15, 0.2) is 6.29 Å². The van der Waals surface area contributed by atoms with E-state index in [-0.39, 0.29) is 26.4 Å². The third kappa shape index (κ3) is 5.58. The fraction of sp³-hybridized carbons (Fsp3) is 0.351. The molecule has 5 atom stereocenters. The molecular formula is C37H40O9. The van der Waals surface area contributed by atoms with Crippen molar-refractivity contribution < 1.29 is 44.5 Å². The molecule has 1 aliphatic heterocycles. The highest BCUT2D eigenvalue weighted by atomic mass is 16.7. The van der Waals surface area contributed by atoms with E-state index in [1.807, 2.05) is 26.0 Å².